The summed E-state index contributed by atoms with van der Waals surface area (Å²) in [6.45, 7) is 4.03. The molecule has 3 aromatic rings. The Kier molecular flexibility index (Phi) is 7.82. The van der Waals surface area contributed by atoms with E-state index in [0.29, 0.717) is 17.1 Å². The molecule has 0 aliphatic heterocycles. The van der Waals surface area contributed by atoms with Crippen molar-refractivity contribution in [2.45, 2.75) is 32.8 Å². The molecule has 0 amide bonds. The van der Waals surface area contributed by atoms with Crippen LogP contribution in [0.1, 0.15) is 37.0 Å². The first-order valence-electron chi connectivity index (χ1n) is 10.3. The van der Waals surface area contributed by atoms with Crippen LogP contribution in [0.2, 0.25) is 0 Å². The lowest BCUT2D eigenvalue weighted by molar-refractivity contribution is -0.148. The summed E-state index contributed by atoms with van der Waals surface area (Å²) in [4.78, 5) is 24.0. The number of carbonyl (C=O) groups is 2. The number of ether oxygens (including phenoxy) is 3. The Hall–Kier alpha value is -3.60. The molecule has 0 heterocycles. The van der Waals surface area contributed by atoms with E-state index in [1.54, 1.807) is 36.4 Å². The number of hydrogen-bond donors (Lipinski definition) is 0. The van der Waals surface area contributed by atoms with Crippen LogP contribution < -0.4 is 9.47 Å². The van der Waals surface area contributed by atoms with E-state index in [1.807, 2.05) is 56.3 Å². The van der Waals surface area contributed by atoms with E-state index in [-0.39, 0.29) is 25.1 Å². The Labute approximate surface area is 182 Å². The zero-order chi connectivity index (χ0) is 22.1. The van der Waals surface area contributed by atoms with Gasteiger partial charge in [0.05, 0.1) is 24.7 Å². The van der Waals surface area contributed by atoms with Gasteiger partial charge in [-0.25, -0.2) is 4.79 Å². The van der Waals surface area contributed by atoms with Crippen LogP contribution in [-0.4, -0.2) is 24.6 Å². The van der Waals surface area contributed by atoms with E-state index in [9.17, 15) is 9.59 Å². The highest BCUT2D eigenvalue weighted by molar-refractivity contribution is 5.91. The third kappa shape index (κ3) is 6.71. The molecule has 31 heavy (non-hydrogen) atoms. The predicted octanol–water partition coefficient (Wildman–Crippen LogP) is 5.68. The molecule has 0 radical (unpaired) electrons. The van der Waals surface area contributed by atoms with E-state index >= 15 is 0 Å². The zero-order valence-electron chi connectivity index (χ0n) is 17.7. The van der Waals surface area contributed by atoms with Gasteiger partial charge >= 0.3 is 11.9 Å². The number of rotatable bonds is 9. The topological polar surface area (TPSA) is 61.8 Å². The van der Waals surface area contributed by atoms with E-state index in [2.05, 4.69) is 0 Å². The highest BCUT2D eigenvalue weighted by atomic mass is 16.5. The second kappa shape index (κ2) is 11.0. The Bertz CT molecular complexity index is 979. The number of esters is 2. The van der Waals surface area contributed by atoms with Crippen molar-refractivity contribution in [1.82, 2.24) is 0 Å². The molecule has 0 N–H and O–H groups in total. The van der Waals surface area contributed by atoms with Crippen molar-refractivity contribution in [3.8, 4) is 22.6 Å². The molecule has 0 saturated heterocycles. The molecule has 1 unspecified atom stereocenters. The summed E-state index contributed by atoms with van der Waals surface area (Å²) in [5.41, 5.74) is 2.56. The van der Waals surface area contributed by atoms with Crippen LogP contribution in [0.3, 0.4) is 0 Å². The third-order valence-corrected chi connectivity index (χ3v) is 4.74. The number of benzene rings is 3. The van der Waals surface area contributed by atoms with E-state index in [1.165, 1.54) is 0 Å². The summed E-state index contributed by atoms with van der Waals surface area (Å²) in [7, 11) is 0. The van der Waals surface area contributed by atoms with Gasteiger partial charge in [-0.15, -0.1) is 0 Å². The van der Waals surface area contributed by atoms with Crippen LogP contribution in [0.5, 0.6) is 11.5 Å². The average Bonchev–Trinajstić information content (AvgIpc) is 2.80. The van der Waals surface area contributed by atoms with Crippen LogP contribution in [0.25, 0.3) is 11.1 Å². The lowest BCUT2D eigenvalue weighted by Crippen LogP contribution is -2.16. The van der Waals surface area contributed by atoms with E-state index in [4.69, 9.17) is 14.2 Å². The average molecular weight is 418 g/mol. The maximum absolute atomic E-state index is 12.4. The Morgan fingerprint density at radius 2 is 1.42 bits per heavy atom. The maximum atomic E-state index is 12.4. The molecule has 0 saturated carbocycles. The summed E-state index contributed by atoms with van der Waals surface area (Å²) < 4.78 is 16.2. The van der Waals surface area contributed by atoms with E-state index < -0.39 is 5.97 Å². The molecule has 5 nitrogen and oxygen atoms in total. The molecule has 0 aliphatic rings. The highest BCUT2D eigenvalue weighted by Gasteiger charge is 2.10. The first-order chi connectivity index (χ1) is 15.0. The molecule has 5 heteroatoms. The van der Waals surface area contributed by atoms with Crippen molar-refractivity contribution in [1.29, 1.82) is 0 Å². The summed E-state index contributed by atoms with van der Waals surface area (Å²) >= 11 is 0. The maximum Gasteiger partial charge on any atom is 0.343 e. The SMILES string of the molecule is CCC(C)OC(=O)CCOc1ccc(C(=O)Oc2ccc(-c3ccccc3)cc2)cc1. The minimum atomic E-state index is -0.448. The fourth-order valence-electron chi connectivity index (χ4n) is 2.82. The van der Waals surface area contributed by atoms with Gasteiger partial charge in [0.25, 0.3) is 0 Å². The summed E-state index contributed by atoms with van der Waals surface area (Å²) in [6, 6.07) is 24.0. The third-order valence-electron chi connectivity index (χ3n) is 4.74. The van der Waals surface area contributed by atoms with Crippen LogP contribution in [0.4, 0.5) is 0 Å². The van der Waals surface area contributed by atoms with Gasteiger partial charge < -0.3 is 14.2 Å². The minimum Gasteiger partial charge on any atom is -0.493 e. The molecule has 3 rings (SSSR count). The minimum absolute atomic E-state index is 0.0904. The standard InChI is InChI=1S/C26H26O5/c1-3-19(2)30-25(27)17-18-29-23-13-11-22(12-14-23)26(28)31-24-15-9-21(10-16-24)20-7-5-4-6-8-20/h4-16,19H,3,17-18H2,1-2H3. The Morgan fingerprint density at radius 3 is 2.06 bits per heavy atom. The van der Waals surface area contributed by atoms with Gasteiger partial charge in [0, 0.05) is 0 Å². The molecular formula is C26H26O5. The molecule has 0 bridgehead atoms. The largest absolute Gasteiger partial charge is 0.493 e. The molecule has 0 aromatic heterocycles. The Balaban J connectivity index is 1.49. The van der Waals surface area contributed by atoms with Gasteiger partial charge in [-0.1, -0.05) is 49.4 Å². The van der Waals surface area contributed by atoms with E-state index in [0.717, 1.165) is 17.5 Å². The zero-order valence-corrected chi connectivity index (χ0v) is 17.7. The lowest BCUT2D eigenvalue weighted by Gasteiger charge is -2.11. The fraction of sp³-hybridized carbons (Fsp3) is 0.231. The molecule has 1 atom stereocenters. The predicted molar refractivity (Wildman–Crippen MR) is 119 cm³/mol. The molecule has 0 spiro atoms. The van der Waals surface area contributed by atoms with Gasteiger partial charge in [-0.2, -0.15) is 0 Å². The molecular weight excluding hydrogens is 392 g/mol. The monoisotopic (exact) mass is 418 g/mol. The van der Waals surface area contributed by atoms with Crippen LogP contribution >= 0.6 is 0 Å². The van der Waals surface area contributed by atoms with Gasteiger partial charge in [0.1, 0.15) is 11.5 Å². The fourth-order valence-corrected chi connectivity index (χ4v) is 2.82. The second-order valence-corrected chi connectivity index (χ2v) is 7.11. The highest BCUT2D eigenvalue weighted by Crippen LogP contribution is 2.23. The first-order valence-corrected chi connectivity index (χ1v) is 10.3. The van der Waals surface area contributed by atoms with Gasteiger partial charge in [0.2, 0.25) is 0 Å². The van der Waals surface area contributed by atoms with Crippen molar-refractivity contribution in [2.75, 3.05) is 6.61 Å². The van der Waals surface area contributed by atoms with Crippen LogP contribution in [0, 0.1) is 0 Å². The quantitative estimate of drug-likeness (QED) is 0.330. The molecule has 160 valence electrons. The lowest BCUT2D eigenvalue weighted by atomic mass is 10.1. The summed E-state index contributed by atoms with van der Waals surface area (Å²) in [5, 5.41) is 0. The van der Waals surface area contributed by atoms with Crippen molar-refractivity contribution < 1.29 is 23.8 Å². The van der Waals surface area contributed by atoms with Gasteiger partial charge in [-0.3, -0.25) is 4.79 Å². The normalized spacial score (nSPS) is 11.4. The number of carbonyl (C=O) groups excluding carboxylic acids is 2. The second-order valence-electron chi connectivity index (χ2n) is 7.11. The smallest absolute Gasteiger partial charge is 0.343 e. The number of hydrogen-bond acceptors (Lipinski definition) is 5. The summed E-state index contributed by atoms with van der Waals surface area (Å²) in [5.74, 6) is 0.314. The van der Waals surface area contributed by atoms with Gasteiger partial charge in [0.15, 0.2) is 0 Å². The Morgan fingerprint density at radius 1 is 0.806 bits per heavy atom. The van der Waals surface area contributed by atoms with Crippen LogP contribution in [-0.2, 0) is 9.53 Å². The molecule has 0 aliphatic carbocycles. The van der Waals surface area contributed by atoms with Crippen molar-refractivity contribution in [3.05, 3.63) is 84.4 Å². The first kappa shape index (κ1) is 22.1. The molecule has 0 fully saturated rings. The van der Waals surface area contributed by atoms with Crippen LogP contribution in [0.15, 0.2) is 78.9 Å². The van der Waals surface area contributed by atoms with Gasteiger partial charge in [-0.05, 0) is 60.9 Å². The summed E-state index contributed by atoms with van der Waals surface area (Å²) in [6.07, 6.45) is 0.862. The van der Waals surface area contributed by atoms with Crippen molar-refractivity contribution in [2.24, 2.45) is 0 Å². The van der Waals surface area contributed by atoms with Crippen molar-refractivity contribution >= 4 is 11.9 Å². The van der Waals surface area contributed by atoms with Crippen molar-refractivity contribution in [3.63, 3.8) is 0 Å². The molecule has 3 aromatic carbocycles.